The highest BCUT2D eigenvalue weighted by Gasteiger charge is 2.44. The standard InChI is InChI=1S/C13H19N/c1-10(2)13-11(3)14(13)9-12-7-5-4-6-8-12/h4-8,10-11,13H,9H2,1-3H3/t11-,13-,14?/m0/s1. The van der Waals surface area contributed by atoms with Gasteiger partial charge in [0.2, 0.25) is 0 Å². The fraction of sp³-hybridized carbons (Fsp3) is 0.538. The Bertz CT molecular complexity index is 291. The molecule has 0 radical (unpaired) electrons. The minimum atomic E-state index is 0.773. The lowest BCUT2D eigenvalue weighted by Gasteiger charge is -2.05. The van der Waals surface area contributed by atoms with Crippen LogP contribution in [0.5, 0.6) is 0 Å². The van der Waals surface area contributed by atoms with Gasteiger partial charge in [0.15, 0.2) is 0 Å². The number of rotatable bonds is 3. The van der Waals surface area contributed by atoms with Crippen LogP contribution in [0.1, 0.15) is 26.3 Å². The molecule has 1 nitrogen and oxygen atoms in total. The molecular formula is C13H19N. The maximum atomic E-state index is 2.57. The third-order valence-corrected chi connectivity index (χ3v) is 3.20. The molecule has 76 valence electrons. The average molecular weight is 189 g/mol. The summed E-state index contributed by atoms with van der Waals surface area (Å²) in [6, 6.07) is 12.3. The van der Waals surface area contributed by atoms with Gasteiger partial charge in [-0.05, 0) is 18.4 Å². The van der Waals surface area contributed by atoms with Gasteiger partial charge in [0.1, 0.15) is 0 Å². The Hall–Kier alpha value is -0.820. The van der Waals surface area contributed by atoms with E-state index in [4.69, 9.17) is 0 Å². The second-order valence-corrected chi connectivity index (χ2v) is 4.63. The van der Waals surface area contributed by atoms with Crippen molar-refractivity contribution in [2.75, 3.05) is 0 Å². The van der Waals surface area contributed by atoms with Gasteiger partial charge in [-0.15, -0.1) is 0 Å². The molecule has 1 aliphatic heterocycles. The van der Waals surface area contributed by atoms with Gasteiger partial charge in [-0.3, -0.25) is 4.90 Å². The Balaban J connectivity index is 1.95. The summed E-state index contributed by atoms with van der Waals surface area (Å²) in [5, 5.41) is 0. The molecule has 0 N–H and O–H groups in total. The Morgan fingerprint density at radius 2 is 1.86 bits per heavy atom. The molecule has 2 rings (SSSR count). The van der Waals surface area contributed by atoms with Crippen molar-refractivity contribution in [1.82, 2.24) is 4.90 Å². The van der Waals surface area contributed by atoms with Crippen LogP contribution in [-0.2, 0) is 6.54 Å². The van der Waals surface area contributed by atoms with Gasteiger partial charge in [0.25, 0.3) is 0 Å². The summed E-state index contributed by atoms with van der Waals surface area (Å²) >= 11 is 0. The molecule has 0 aliphatic carbocycles. The lowest BCUT2D eigenvalue weighted by molar-refractivity contribution is 0.432. The van der Waals surface area contributed by atoms with E-state index in [-0.39, 0.29) is 0 Å². The van der Waals surface area contributed by atoms with Crippen molar-refractivity contribution < 1.29 is 0 Å². The molecule has 1 aromatic carbocycles. The summed E-state index contributed by atoms with van der Waals surface area (Å²) < 4.78 is 0. The van der Waals surface area contributed by atoms with Gasteiger partial charge in [-0.2, -0.15) is 0 Å². The summed E-state index contributed by atoms with van der Waals surface area (Å²) in [7, 11) is 0. The van der Waals surface area contributed by atoms with Crippen molar-refractivity contribution in [2.24, 2.45) is 5.92 Å². The van der Waals surface area contributed by atoms with Gasteiger partial charge < -0.3 is 0 Å². The first kappa shape index (κ1) is 9.72. The molecule has 1 unspecified atom stereocenters. The highest BCUT2D eigenvalue weighted by Crippen LogP contribution is 2.35. The van der Waals surface area contributed by atoms with Crippen LogP contribution in [0.2, 0.25) is 0 Å². The van der Waals surface area contributed by atoms with Gasteiger partial charge in [-0.25, -0.2) is 0 Å². The number of nitrogens with zero attached hydrogens (tertiary/aromatic N) is 1. The maximum absolute atomic E-state index is 2.57. The Morgan fingerprint density at radius 3 is 2.36 bits per heavy atom. The first-order valence-electron chi connectivity index (χ1n) is 5.50. The molecule has 1 aromatic rings. The molecule has 1 fully saturated rings. The molecule has 0 amide bonds. The third-order valence-electron chi connectivity index (χ3n) is 3.20. The monoisotopic (exact) mass is 189 g/mol. The van der Waals surface area contributed by atoms with E-state index in [1.54, 1.807) is 0 Å². The van der Waals surface area contributed by atoms with Crippen LogP contribution in [-0.4, -0.2) is 17.0 Å². The number of benzene rings is 1. The van der Waals surface area contributed by atoms with Gasteiger partial charge in [-0.1, -0.05) is 44.2 Å². The van der Waals surface area contributed by atoms with E-state index in [1.807, 2.05) is 0 Å². The molecule has 0 aromatic heterocycles. The molecule has 1 saturated heterocycles. The predicted molar refractivity (Wildman–Crippen MR) is 60.1 cm³/mol. The van der Waals surface area contributed by atoms with Crippen molar-refractivity contribution in [3.05, 3.63) is 35.9 Å². The van der Waals surface area contributed by atoms with Crippen LogP contribution in [0, 0.1) is 5.92 Å². The Labute approximate surface area is 86.7 Å². The maximum Gasteiger partial charge on any atom is 0.0279 e. The third kappa shape index (κ3) is 1.83. The normalized spacial score (nSPS) is 30.7. The topological polar surface area (TPSA) is 3.01 Å². The summed E-state index contributed by atoms with van der Waals surface area (Å²) in [5.41, 5.74) is 1.43. The van der Waals surface area contributed by atoms with Gasteiger partial charge in [0.05, 0.1) is 0 Å². The fourth-order valence-electron chi connectivity index (χ4n) is 2.42. The van der Waals surface area contributed by atoms with Crippen LogP contribution in [0.15, 0.2) is 30.3 Å². The molecule has 1 heteroatoms. The summed E-state index contributed by atoms with van der Waals surface area (Å²) in [6.07, 6.45) is 0. The van der Waals surface area contributed by atoms with Gasteiger partial charge in [0, 0.05) is 18.6 Å². The minimum Gasteiger partial charge on any atom is -0.290 e. The number of hydrogen-bond donors (Lipinski definition) is 0. The van der Waals surface area contributed by atoms with Crippen molar-refractivity contribution in [1.29, 1.82) is 0 Å². The van der Waals surface area contributed by atoms with Crippen molar-refractivity contribution >= 4 is 0 Å². The average Bonchev–Trinajstić information content (AvgIpc) is 2.78. The lowest BCUT2D eigenvalue weighted by atomic mass is 10.1. The molecule has 1 aliphatic rings. The lowest BCUT2D eigenvalue weighted by Crippen LogP contribution is -2.07. The minimum absolute atomic E-state index is 0.773. The summed E-state index contributed by atoms with van der Waals surface area (Å²) in [6.45, 7) is 8.07. The van der Waals surface area contributed by atoms with Crippen LogP contribution in [0.25, 0.3) is 0 Å². The zero-order valence-corrected chi connectivity index (χ0v) is 9.27. The van der Waals surface area contributed by atoms with E-state index in [0.29, 0.717) is 0 Å². The van der Waals surface area contributed by atoms with E-state index in [0.717, 1.165) is 24.5 Å². The molecule has 0 bridgehead atoms. The second kappa shape index (κ2) is 3.74. The molecule has 0 saturated carbocycles. The zero-order valence-electron chi connectivity index (χ0n) is 9.27. The smallest absolute Gasteiger partial charge is 0.0279 e. The van der Waals surface area contributed by atoms with E-state index in [9.17, 15) is 0 Å². The number of hydrogen-bond acceptors (Lipinski definition) is 1. The largest absolute Gasteiger partial charge is 0.290 e. The highest BCUT2D eigenvalue weighted by atomic mass is 15.3. The summed E-state index contributed by atoms with van der Waals surface area (Å²) in [4.78, 5) is 2.57. The highest BCUT2D eigenvalue weighted by molar-refractivity contribution is 5.17. The molecule has 1 heterocycles. The van der Waals surface area contributed by atoms with Crippen LogP contribution in [0.4, 0.5) is 0 Å². The Morgan fingerprint density at radius 1 is 1.21 bits per heavy atom. The quantitative estimate of drug-likeness (QED) is 0.661. The first-order valence-corrected chi connectivity index (χ1v) is 5.50. The SMILES string of the molecule is CC(C)[C@H]1[C@H](C)N1Cc1ccccc1. The predicted octanol–water partition coefficient (Wildman–Crippen LogP) is 2.92. The van der Waals surface area contributed by atoms with E-state index < -0.39 is 0 Å². The van der Waals surface area contributed by atoms with Gasteiger partial charge >= 0.3 is 0 Å². The Kier molecular flexibility index (Phi) is 2.60. The van der Waals surface area contributed by atoms with Crippen LogP contribution in [0.3, 0.4) is 0 Å². The van der Waals surface area contributed by atoms with Crippen molar-refractivity contribution in [2.45, 2.75) is 39.4 Å². The second-order valence-electron chi connectivity index (χ2n) is 4.63. The molecule has 14 heavy (non-hydrogen) atoms. The first-order chi connectivity index (χ1) is 6.70. The van der Waals surface area contributed by atoms with Crippen LogP contribution >= 0.6 is 0 Å². The zero-order chi connectivity index (χ0) is 10.1. The van der Waals surface area contributed by atoms with E-state index in [2.05, 4.69) is 56.0 Å². The fourth-order valence-corrected chi connectivity index (χ4v) is 2.42. The van der Waals surface area contributed by atoms with Crippen molar-refractivity contribution in [3.63, 3.8) is 0 Å². The van der Waals surface area contributed by atoms with Crippen LogP contribution < -0.4 is 0 Å². The van der Waals surface area contributed by atoms with Crippen molar-refractivity contribution in [3.8, 4) is 0 Å². The van der Waals surface area contributed by atoms with E-state index >= 15 is 0 Å². The molecule has 3 atom stereocenters. The molecule has 0 spiro atoms. The van der Waals surface area contributed by atoms with E-state index in [1.165, 1.54) is 5.56 Å². The molecular weight excluding hydrogens is 170 g/mol. The summed E-state index contributed by atoms with van der Waals surface area (Å²) in [5.74, 6) is 0.786.